The Labute approximate surface area is 145 Å². The van der Waals surface area contributed by atoms with Crippen molar-refractivity contribution in [1.82, 2.24) is 14.7 Å². The number of fused-ring (bicyclic) bond motifs is 1. The maximum Gasteiger partial charge on any atom is 0.274 e. The Bertz CT molecular complexity index is 702. The number of carbonyl (C=O) groups is 1. The molecular formula is C17H21N3O3S. The maximum absolute atomic E-state index is 12.9. The van der Waals surface area contributed by atoms with Gasteiger partial charge in [0.05, 0.1) is 32.1 Å². The maximum atomic E-state index is 12.9. The van der Waals surface area contributed by atoms with Crippen LogP contribution in [0.15, 0.2) is 30.2 Å². The van der Waals surface area contributed by atoms with Crippen molar-refractivity contribution in [1.29, 1.82) is 0 Å². The van der Waals surface area contributed by atoms with Gasteiger partial charge in [-0.25, -0.2) is 0 Å². The van der Waals surface area contributed by atoms with Gasteiger partial charge in [0.15, 0.2) is 5.69 Å². The van der Waals surface area contributed by atoms with E-state index in [9.17, 15) is 9.90 Å². The van der Waals surface area contributed by atoms with Crippen LogP contribution in [0.25, 0.3) is 5.57 Å². The summed E-state index contributed by atoms with van der Waals surface area (Å²) in [6.45, 7) is 10.3. The molecule has 3 rings (SSSR count). The molecule has 0 saturated carbocycles. The lowest BCUT2D eigenvalue weighted by molar-refractivity contribution is 0.0298. The summed E-state index contributed by atoms with van der Waals surface area (Å²) in [7, 11) is 0. The van der Waals surface area contributed by atoms with Crippen molar-refractivity contribution in [3.05, 3.63) is 47.2 Å². The number of hydrogen-bond donors (Lipinski definition) is 1. The van der Waals surface area contributed by atoms with E-state index in [1.807, 2.05) is 0 Å². The Balaban J connectivity index is 2.07. The van der Waals surface area contributed by atoms with Crippen molar-refractivity contribution >= 4 is 23.2 Å². The van der Waals surface area contributed by atoms with Gasteiger partial charge in [-0.05, 0) is 0 Å². The van der Waals surface area contributed by atoms with Gasteiger partial charge in [-0.3, -0.25) is 9.48 Å². The molecule has 1 fully saturated rings. The highest BCUT2D eigenvalue weighted by Crippen LogP contribution is 2.40. The summed E-state index contributed by atoms with van der Waals surface area (Å²) in [6, 6.07) is 0. The smallest absolute Gasteiger partial charge is 0.274 e. The molecule has 0 aliphatic carbocycles. The number of carbonyl (C=O) groups excluding carboxylic acids is 1. The Morgan fingerprint density at radius 1 is 1.33 bits per heavy atom. The standard InChI is InChI=1S/C17H21N3O3S/c1-3-12-14(4-2)24-11-13-15(18-20(5-8-21)16(12)13)17(22)19-6-9-23-10-7-19/h3-4,21H,1-2,5-11H2. The second-order valence-corrected chi connectivity index (χ2v) is 6.52. The van der Waals surface area contributed by atoms with Crippen molar-refractivity contribution in [3.8, 4) is 0 Å². The van der Waals surface area contributed by atoms with Gasteiger partial charge in [0.2, 0.25) is 0 Å². The second kappa shape index (κ2) is 7.38. The summed E-state index contributed by atoms with van der Waals surface area (Å²) in [5.41, 5.74) is 3.16. The largest absolute Gasteiger partial charge is 0.394 e. The van der Waals surface area contributed by atoms with E-state index in [-0.39, 0.29) is 12.5 Å². The van der Waals surface area contributed by atoms with E-state index in [1.165, 1.54) is 0 Å². The zero-order valence-corrected chi connectivity index (χ0v) is 14.3. The molecule has 1 saturated heterocycles. The minimum Gasteiger partial charge on any atom is -0.394 e. The third kappa shape index (κ3) is 2.94. The average molecular weight is 347 g/mol. The van der Waals surface area contributed by atoms with Crippen molar-refractivity contribution in [2.45, 2.75) is 12.3 Å². The topological polar surface area (TPSA) is 67.6 Å². The van der Waals surface area contributed by atoms with Crippen LogP contribution >= 0.6 is 11.8 Å². The molecule has 0 aromatic carbocycles. The second-order valence-electron chi connectivity index (χ2n) is 5.50. The predicted molar refractivity (Wildman–Crippen MR) is 94.6 cm³/mol. The normalized spacial score (nSPS) is 17.6. The summed E-state index contributed by atoms with van der Waals surface area (Å²) in [5, 5.41) is 13.9. The van der Waals surface area contributed by atoms with Gasteiger partial charge in [0.1, 0.15) is 0 Å². The molecule has 1 amide bonds. The fourth-order valence-electron chi connectivity index (χ4n) is 2.99. The molecule has 6 nitrogen and oxygen atoms in total. The zero-order chi connectivity index (χ0) is 17.1. The van der Waals surface area contributed by atoms with E-state index in [1.54, 1.807) is 33.5 Å². The molecule has 1 aromatic heterocycles. The first-order chi connectivity index (χ1) is 11.7. The number of aromatic nitrogens is 2. The molecular weight excluding hydrogens is 326 g/mol. The fraction of sp³-hybridized carbons (Fsp3) is 0.412. The van der Waals surface area contributed by atoms with Crippen molar-refractivity contribution in [2.75, 3.05) is 32.9 Å². The molecule has 0 bridgehead atoms. The lowest BCUT2D eigenvalue weighted by Gasteiger charge is -2.26. The number of aliphatic hydroxyl groups is 1. The molecule has 24 heavy (non-hydrogen) atoms. The van der Waals surface area contributed by atoms with Gasteiger partial charge >= 0.3 is 0 Å². The number of aliphatic hydroxyl groups excluding tert-OH is 1. The lowest BCUT2D eigenvalue weighted by Crippen LogP contribution is -2.41. The highest BCUT2D eigenvalue weighted by atomic mass is 32.2. The molecule has 3 heterocycles. The van der Waals surface area contributed by atoms with Crippen LogP contribution in [-0.2, 0) is 17.0 Å². The van der Waals surface area contributed by atoms with Crippen molar-refractivity contribution in [3.63, 3.8) is 0 Å². The van der Waals surface area contributed by atoms with Crippen molar-refractivity contribution in [2.24, 2.45) is 0 Å². The average Bonchev–Trinajstić information content (AvgIpc) is 3.00. The monoisotopic (exact) mass is 347 g/mol. The first kappa shape index (κ1) is 17.0. The minimum absolute atomic E-state index is 0.0414. The third-order valence-corrected chi connectivity index (χ3v) is 5.28. The lowest BCUT2D eigenvalue weighted by atomic mass is 10.0. The number of nitrogens with zero attached hydrogens (tertiary/aromatic N) is 3. The van der Waals surface area contributed by atoms with Crippen LogP contribution in [-0.4, -0.2) is 58.6 Å². The summed E-state index contributed by atoms with van der Waals surface area (Å²) in [6.07, 6.45) is 3.56. The summed E-state index contributed by atoms with van der Waals surface area (Å²) < 4.78 is 7.03. The molecule has 0 atom stereocenters. The van der Waals surface area contributed by atoms with E-state index in [4.69, 9.17) is 4.74 Å². The number of ether oxygens (including phenoxy) is 1. The molecule has 0 radical (unpaired) electrons. The Kier molecular flexibility index (Phi) is 5.23. The highest BCUT2D eigenvalue weighted by molar-refractivity contribution is 8.02. The number of amides is 1. The van der Waals surface area contributed by atoms with Crippen LogP contribution in [0.1, 0.15) is 21.7 Å². The number of allylic oxidation sites excluding steroid dienone is 3. The fourth-order valence-corrected chi connectivity index (χ4v) is 4.02. The number of rotatable bonds is 5. The van der Waals surface area contributed by atoms with E-state index in [2.05, 4.69) is 18.3 Å². The van der Waals surface area contributed by atoms with Crippen molar-refractivity contribution < 1.29 is 14.6 Å². The zero-order valence-electron chi connectivity index (χ0n) is 13.5. The minimum atomic E-state index is -0.0719. The van der Waals surface area contributed by atoms with E-state index < -0.39 is 0 Å². The first-order valence-corrected chi connectivity index (χ1v) is 8.89. The number of hydrogen-bond acceptors (Lipinski definition) is 5. The Morgan fingerprint density at radius 3 is 2.71 bits per heavy atom. The summed E-state index contributed by atoms with van der Waals surface area (Å²) in [4.78, 5) is 15.7. The highest BCUT2D eigenvalue weighted by Gasteiger charge is 2.31. The van der Waals surface area contributed by atoms with Gasteiger partial charge in [-0.1, -0.05) is 25.3 Å². The molecule has 0 unspecified atom stereocenters. The first-order valence-electron chi connectivity index (χ1n) is 7.91. The number of thioether (sulfide) groups is 1. The summed E-state index contributed by atoms with van der Waals surface area (Å²) >= 11 is 1.63. The molecule has 1 N–H and O–H groups in total. The molecule has 2 aliphatic heterocycles. The van der Waals surface area contributed by atoms with Crippen LogP contribution in [0.5, 0.6) is 0 Å². The molecule has 1 aromatic rings. The Morgan fingerprint density at radius 2 is 2.08 bits per heavy atom. The van der Waals surface area contributed by atoms with Crippen LogP contribution < -0.4 is 0 Å². The van der Waals surface area contributed by atoms with E-state index >= 15 is 0 Å². The molecule has 2 aliphatic rings. The molecule has 128 valence electrons. The number of morpholine rings is 1. The van der Waals surface area contributed by atoms with E-state index in [0.717, 1.165) is 21.7 Å². The summed E-state index contributed by atoms with van der Waals surface area (Å²) in [5.74, 6) is 0.586. The SMILES string of the molecule is C=CC1=C(C=C)c2c(c(C(=O)N3CCOCC3)nn2CCO)CS1. The van der Waals surface area contributed by atoms with Crippen LogP contribution in [0, 0.1) is 0 Å². The molecule has 0 spiro atoms. The van der Waals surface area contributed by atoms with Gasteiger partial charge in [-0.15, -0.1) is 11.8 Å². The molecule has 7 heteroatoms. The van der Waals surface area contributed by atoms with Gasteiger partial charge < -0.3 is 14.7 Å². The van der Waals surface area contributed by atoms with Gasteiger partial charge in [0.25, 0.3) is 5.91 Å². The Hall–Kier alpha value is -1.83. The quantitative estimate of drug-likeness (QED) is 0.878. The van der Waals surface area contributed by atoms with Gasteiger partial charge in [0, 0.05) is 34.9 Å². The third-order valence-electron chi connectivity index (χ3n) is 4.15. The van der Waals surface area contributed by atoms with Gasteiger partial charge in [-0.2, -0.15) is 5.10 Å². The van der Waals surface area contributed by atoms with Crippen LogP contribution in [0.3, 0.4) is 0 Å². The van der Waals surface area contributed by atoms with Crippen LogP contribution in [0.2, 0.25) is 0 Å². The predicted octanol–water partition coefficient (Wildman–Crippen LogP) is 1.68. The van der Waals surface area contributed by atoms with Crippen LogP contribution in [0.4, 0.5) is 0 Å². The van der Waals surface area contributed by atoms with E-state index in [0.29, 0.717) is 44.3 Å².